The van der Waals surface area contributed by atoms with Crippen LogP contribution in [0.5, 0.6) is 11.5 Å². The van der Waals surface area contributed by atoms with Gasteiger partial charge in [-0.25, -0.2) is 9.48 Å². The van der Waals surface area contributed by atoms with Gasteiger partial charge in [0.2, 0.25) is 0 Å². The van der Waals surface area contributed by atoms with Gasteiger partial charge in [-0.2, -0.15) is 0 Å². The van der Waals surface area contributed by atoms with E-state index in [2.05, 4.69) is 15.5 Å². The Morgan fingerprint density at radius 1 is 1.04 bits per heavy atom. The average Bonchev–Trinajstić information content (AvgIpc) is 3.11. The van der Waals surface area contributed by atoms with Crippen LogP contribution >= 0.6 is 0 Å². The van der Waals surface area contributed by atoms with Crippen molar-refractivity contribution in [3.63, 3.8) is 0 Å². The van der Waals surface area contributed by atoms with Gasteiger partial charge < -0.3 is 9.47 Å². The predicted octanol–water partition coefficient (Wildman–Crippen LogP) is 2.26. The highest BCUT2D eigenvalue weighted by Gasteiger charge is 2.07. The molecule has 7 nitrogen and oxygen atoms in total. The lowest BCUT2D eigenvalue weighted by atomic mass is 10.1. The van der Waals surface area contributed by atoms with Crippen molar-refractivity contribution >= 4 is 5.97 Å². The molecule has 0 radical (unpaired) electrons. The van der Waals surface area contributed by atoms with Crippen LogP contribution in [0.15, 0.2) is 48.8 Å². The topological polar surface area (TPSA) is 79.1 Å². The molecule has 0 aliphatic rings. The Morgan fingerprint density at radius 3 is 2.46 bits per heavy atom. The molecule has 122 valence electrons. The number of hydrogen-bond donors (Lipinski definition) is 0. The lowest BCUT2D eigenvalue weighted by Crippen LogP contribution is -2.17. The van der Waals surface area contributed by atoms with Crippen LogP contribution < -0.4 is 9.47 Å². The molecule has 0 bridgehead atoms. The second kappa shape index (κ2) is 6.91. The number of carbonyl (C=O) groups is 1. The SMILES string of the molecule is Cc1ccc(OCC(=O)Oc2ccc(-n3cnnn3)cc2)cc1C. The molecule has 2 aromatic carbocycles. The summed E-state index contributed by atoms with van der Waals surface area (Å²) in [6.07, 6.45) is 1.48. The molecule has 0 aliphatic heterocycles. The second-order valence-electron chi connectivity index (χ2n) is 5.26. The van der Waals surface area contributed by atoms with E-state index >= 15 is 0 Å². The van der Waals surface area contributed by atoms with Gasteiger partial charge in [-0.3, -0.25) is 0 Å². The van der Waals surface area contributed by atoms with Crippen molar-refractivity contribution in [2.24, 2.45) is 0 Å². The highest BCUT2D eigenvalue weighted by Crippen LogP contribution is 2.17. The van der Waals surface area contributed by atoms with E-state index in [1.54, 1.807) is 24.3 Å². The van der Waals surface area contributed by atoms with Crippen molar-refractivity contribution in [1.29, 1.82) is 0 Å². The average molecular weight is 324 g/mol. The maximum absolute atomic E-state index is 11.9. The van der Waals surface area contributed by atoms with Crippen LogP contribution in [0.3, 0.4) is 0 Å². The summed E-state index contributed by atoms with van der Waals surface area (Å²) in [6.45, 7) is 3.86. The minimum absolute atomic E-state index is 0.156. The van der Waals surface area contributed by atoms with Crippen molar-refractivity contribution in [2.45, 2.75) is 13.8 Å². The number of tetrazole rings is 1. The molecule has 0 amide bonds. The van der Waals surface area contributed by atoms with Crippen molar-refractivity contribution in [3.05, 3.63) is 59.9 Å². The fourth-order valence-corrected chi connectivity index (χ4v) is 2.05. The Bertz CT molecular complexity index is 830. The van der Waals surface area contributed by atoms with Crippen LogP contribution in [0.1, 0.15) is 11.1 Å². The summed E-state index contributed by atoms with van der Waals surface area (Å²) in [5, 5.41) is 10.9. The third kappa shape index (κ3) is 3.75. The Hall–Kier alpha value is -3.22. The number of aryl methyl sites for hydroxylation is 2. The van der Waals surface area contributed by atoms with Gasteiger partial charge in [0.15, 0.2) is 6.61 Å². The van der Waals surface area contributed by atoms with Crippen LogP contribution in [-0.2, 0) is 4.79 Å². The molecule has 0 spiro atoms. The second-order valence-corrected chi connectivity index (χ2v) is 5.26. The number of benzene rings is 2. The quantitative estimate of drug-likeness (QED) is 0.529. The van der Waals surface area contributed by atoms with Gasteiger partial charge >= 0.3 is 5.97 Å². The minimum atomic E-state index is -0.469. The minimum Gasteiger partial charge on any atom is -0.482 e. The zero-order chi connectivity index (χ0) is 16.9. The Labute approximate surface area is 138 Å². The normalized spacial score (nSPS) is 10.4. The highest BCUT2D eigenvalue weighted by molar-refractivity contribution is 5.74. The lowest BCUT2D eigenvalue weighted by Gasteiger charge is -2.08. The fourth-order valence-electron chi connectivity index (χ4n) is 2.05. The summed E-state index contributed by atoms with van der Waals surface area (Å²) >= 11 is 0. The van der Waals surface area contributed by atoms with Crippen LogP contribution in [-0.4, -0.2) is 32.8 Å². The molecule has 7 heteroatoms. The summed E-state index contributed by atoms with van der Waals surface area (Å²) in [7, 11) is 0. The van der Waals surface area contributed by atoms with E-state index in [1.807, 2.05) is 32.0 Å². The molecule has 3 aromatic rings. The van der Waals surface area contributed by atoms with Gasteiger partial charge in [0.05, 0.1) is 5.69 Å². The fraction of sp³-hybridized carbons (Fsp3) is 0.176. The number of carbonyl (C=O) groups excluding carboxylic acids is 1. The summed E-state index contributed by atoms with van der Waals surface area (Å²) in [5.41, 5.74) is 3.05. The van der Waals surface area contributed by atoms with Gasteiger partial charge in [0.25, 0.3) is 0 Å². The number of ether oxygens (including phenoxy) is 2. The van der Waals surface area contributed by atoms with Gasteiger partial charge in [-0.05, 0) is 71.8 Å². The van der Waals surface area contributed by atoms with E-state index in [-0.39, 0.29) is 6.61 Å². The van der Waals surface area contributed by atoms with Gasteiger partial charge in [0.1, 0.15) is 17.8 Å². The molecular weight excluding hydrogens is 308 g/mol. The molecule has 3 rings (SSSR count). The van der Waals surface area contributed by atoms with E-state index in [0.717, 1.165) is 11.3 Å². The van der Waals surface area contributed by atoms with Crippen LogP contribution in [0.2, 0.25) is 0 Å². The van der Waals surface area contributed by atoms with E-state index in [4.69, 9.17) is 9.47 Å². The molecular formula is C17H16N4O3. The summed E-state index contributed by atoms with van der Waals surface area (Å²) in [4.78, 5) is 11.9. The van der Waals surface area contributed by atoms with Crippen molar-refractivity contribution < 1.29 is 14.3 Å². The van der Waals surface area contributed by atoms with E-state index in [1.165, 1.54) is 16.6 Å². The van der Waals surface area contributed by atoms with E-state index in [0.29, 0.717) is 11.5 Å². The molecule has 0 unspecified atom stereocenters. The molecule has 0 fully saturated rings. The third-order valence-electron chi connectivity index (χ3n) is 3.52. The summed E-state index contributed by atoms with van der Waals surface area (Å²) in [6, 6.07) is 12.5. The van der Waals surface area contributed by atoms with Crippen molar-refractivity contribution in [3.8, 4) is 17.2 Å². The number of aromatic nitrogens is 4. The molecule has 1 heterocycles. The first-order valence-electron chi connectivity index (χ1n) is 7.36. The summed E-state index contributed by atoms with van der Waals surface area (Å²) in [5.74, 6) is 0.605. The van der Waals surface area contributed by atoms with Crippen molar-refractivity contribution in [1.82, 2.24) is 20.2 Å². The first kappa shape index (κ1) is 15.7. The van der Waals surface area contributed by atoms with E-state index < -0.39 is 5.97 Å². The van der Waals surface area contributed by atoms with Crippen LogP contribution in [0.4, 0.5) is 0 Å². The van der Waals surface area contributed by atoms with E-state index in [9.17, 15) is 4.79 Å². The van der Waals surface area contributed by atoms with Crippen molar-refractivity contribution in [2.75, 3.05) is 6.61 Å². The maximum atomic E-state index is 11.9. The Balaban J connectivity index is 1.55. The molecule has 0 saturated heterocycles. The van der Waals surface area contributed by atoms with Gasteiger partial charge in [-0.15, -0.1) is 5.10 Å². The number of nitrogens with zero attached hydrogens (tertiary/aromatic N) is 4. The standard InChI is InChI=1S/C17H16N4O3/c1-12-3-6-16(9-13(12)2)23-10-17(22)24-15-7-4-14(5-8-15)21-11-18-19-20-21/h3-9,11H,10H2,1-2H3. The zero-order valence-corrected chi connectivity index (χ0v) is 13.3. The first-order valence-corrected chi connectivity index (χ1v) is 7.36. The van der Waals surface area contributed by atoms with Gasteiger partial charge in [0, 0.05) is 0 Å². The van der Waals surface area contributed by atoms with Crippen LogP contribution in [0, 0.1) is 13.8 Å². The largest absolute Gasteiger partial charge is 0.482 e. The maximum Gasteiger partial charge on any atom is 0.349 e. The molecule has 0 saturated carbocycles. The third-order valence-corrected chi connectivity index (χ3v) is 3.52. The molecule has 1 aromatic heterocycles. The molecule has 24 heavy (non-hydrogen) atoms. The lowest BCUT2D eigenvalue weighted by molar-refractivity contribution is -0.136. The Morgan fingerprint density at radius 2 is 1.79 bits per heavy atom. The molecule has 0 atom stereocenters. The molecule has 0 N–H and O–H groups in total. The van der Waals surface area contributed by atoms with Crippen LogP contribution in [0.25, 0.3) is 5.69 Å². The number of rotatable bonds is 5. The zero-order valence-electron chi connectivity index (χ0n) is 13.3. The monoisotopic (exact) mass is 324 g/mol. The Kier molecular flexibility index (Phi) is 4.51. The highest BCUT2D eigenvalue weighted by atomic mass is 16.6. The number of hydrogen-bond acceptors (Lipinski definition) is 6. The smallest absolute Gasteiger partial charge is 0.349 e. The van der Waals surface area contributed by atoms with Gasteiger partial charge in [-0.1, -0.05) is 6.07 Å². The summed E-state index contributed by atoms with van der Waals surface area (Å²) < 4.78 is 12.2. The first-order chi connectivity index (χ1) is 11.6. The number of esters is 1. The molecule has 0 aliphatic carbocycles. The predicted molar refractivity (Wildman–Crippen MR) is 86.2 cm³/mol.